The van der Waals surface area contributed by atoms with Crippen molar-refractivity contribution >= 4 is 5.78 Å². The van der Waals surface area contributed by atoms with Gasteiger partial charge in [-0.25, -0.2) is 0 Å². The van der Waals surface area contributed by atoms with Gasteiger partial charge in [0, 0.05) is 11.8 Å². The van der Waals surface area contributed by atoms with E-state index in [0.29, 0.717) is 25.4 Å². The van der Waals surface area contributed by atoms with Gasteiger partial charge in [0.1, 0.15) is 5.78 Å². The summed E-state index contributed by atoms with van der Waals surface area (Å²) in [5.41, 5.74) is 3.32. The topological polar surface area (TPSA) is 26.3 Å². The molecule has 0 unspecified atom stereocenters. The summed E-state index contributed by atoms with van der Waals surface area (Å²) < 4.78 is 5.76. The second kappa shape index (κ2) is 8.26. The molecule has 1 fully saturated rings. The molecule has 2 aromatic rings. The van der Waals surface area contributed by atoms with E-state index in [9.17, 15) is 4.79 Å². The molecule has 0 N–H and O–H groups in total. The molecule has 2 nitrogen and oxygen atoms in total. The smallest absolute Gasteiger partial charge is 0.139 e. The predicted octanol–water partition coefficient (Wildman–Crippen LogP) is 5.13. The van der Waals surface area contributed by atoms with Crippen molar-refractivity contribution < 1.29 is 9.53 Å². The summed E-state index contributed by atoms with van der Waals surface area (Å²) in [6, 6.07) is 20.5. The molecule has 3 rings (SSSR count). The van der Waals surface area contributed by atoms with Crippen LogP contribution in [0.1, 0.15) is 36.8 Å². The molecule has 0 amide bonds. The number of ether oxygens (including phenoxy) is 1. The molecule has 1 aliphatic carbocycles. The molecule has 2 aromatic carbocycles. The lowest BCUT2D eigenvalue weighted by atomic mass is 9.61. The average Bonchev–Trinajstić information content (AvgIpc) is 2.65. The third-order valence-corrected chi connectivity index (χ3v) is 5.11. The minimum atomic E-state index is -0.224. The number of benzene rings is 2. The zero-order valence-electron chi connectivity index (χ0n) is 14.7. The lowest BCUT2D eigenvalue weighted by molar-refractivity contribution is -0.138. The van der Waals surface area contributed by atoms with Gasteiger partial charge >= 0.3 is 0 Å². The molecule has 130 valence electrons. The molecular weight excluding hydrogens is 308 g/mol. The van der Waals surface area contributed by atoms with Crippen molar-refractivity contribution in [2.45, 2.75) is 38.7 Å². The Morgan fingerprint density at radius 1 is 1.00 bits per heavy atom. The third-order valence-electron chi connectivity index (χ3n) is 5.11. The quantitative estimate of drug-likeness (QED) is 0.469. The summed E-state index contributed by atoms with van der Waals surface area (Å²) in [6.07, 6.45) is 4.12. The summed E-state index contributed by atoms with van der Waals surface area (Å²) in [5, 5.41) is 0. The van der Waals surface area contributed by atoms with Gasteiger partial charge in [-0.2, -0.15) is 0 Å². The Morgan fingerprint density at radius 2 is 1.64 bits per heavy atom. The molecule has 1 aliphatic rings. The zero-order valence-corrected chi connectivity index (χ0v) is 14.7. The molecule has 0 spiro atoms. The molecule has 0 aliphatic heterocycles. The normalized spacial score (nSPS) is 19.4. The Balaban J connectivity index is 1.47. The summed E-state index contributed by atoms with van der Waals surface area (Å²) >= 11 is 0. The van der Waals surface area contributed by atoms with E-state index in [1.165, 1.54) is 11.1 Å². The largest absolute Gasteiger partial charge is 0.376 e. The van der Waals surface area contributed by atoms with Crippen molar-refractivity contribution in [2.24, 2.45) is 5.41 Å². The van der Waals surface area contributed by atoms with E-state index in [1.807, 2.05) is 36.4 Å². The number of Topliss-reactive ketones (excluding diaryl/α,β-unsaturated/α-hetero) is 1. The van der Waals surface area contributed by atoms with Crippen LogP contribution in [0.15, 0.2) is 72.8 Å². The van der Waals surface area contributed by atoms with Gasteiger partial charge in [-0.05, 0) is 36.8 Å². The van der Waals surface area contributed by atoms with E-state index in [2.05, 4.69) is 30.8 Å². The maximum absolute atomic E-state index is 12.3. The van der Waals surface area contributed by atoms with Crippen LogP contribution in [0.2, 0.25) is 0 Å². The summed E-state index contributed by atoms with van der Waals surface area (Å²) in [6.45, 7) is 5.49. The van der Waals surface area contributed by atoms with Gasteiger partial charge in [0.15, 0.2) is 0 Å². The van der Waals surface area contributed by atoms with Crippen molar-refractivity contribution in [1.29, 1.82) is 0 Å². The van der Waals surface area contributed by atoms with Gasteiger partial charge in [0.05, 0.1) is 13.2 Å². The van der Waals surface area contributed by atoms with E-state index in [-0.39, 0.29) is 5.41 Å². The lowest BCUT2D eigenvalue weighted by Gasteiger charge is -2.41. The number of carbonyl (C=O) groups is 1. The van der Waals surface area contributed by atoms with E-state index < -0.39 is 0 Å². The van der Waals surface area contributed by atoms with E-state index in [4.69, 9.17) is 4.74 Å². The Bertz CT molecular complexity index is 705. The molecule has 0 heterocycles. The molecular formula is C23H26O2. The van der Waals surface area contributed by atoms with Crippen LogP contribution in [0.4, 0.5) is 0 Å². The summed E-state index contributed by atoms with van der Waals surface area (Å²) in [5.74, 6) is 0.391. The van der Waals surface area contributed by atoms with Gasteiger partial charge in [-0.15, -0.1) is 0 Å². The number of ketones is 1. The Hall–Kier alpha value is -2.19. The van der Waals surface area contributed by atoms with Crippen LogP contribution in [-0.2, 0) is 22.6 Å². The second-order valence-corrected chi connectivity index (χ2v) is 7.08. The third kappa shape index (κ3) is 4.67. The number of hydrogen-bond acceptors (Lipinski definition) is 2. The number of rotatable bonds is 9. The highest BCUT2D eigenvalue weighted by Gasteiger charge is 2.45. The van der Waals surface area contributed by atoms with Gasteiger partial charge in [0.2, 0.25) is 0 Å². The fourth-order valence-electron chi connectivity index (χ4n) is 3.55. The first-order valence-electron chi connectivity index (χ1n) is 9.03. The molecule has 0 aromatic heterocycles. The monoisotopic (exact) mass is 334 g/mol. The Kier molecular flexibility index (Phi) is 5.83. The Labute approximate surface area is 150 Å². The van der Waals surface area contributed by atoms with Crippen molar-refractivity contribution in [3.8, 4) is 0 Å². The SMILES string of the molecule is C=C(CCOCc1ccccc1)C[C@]1(Cc2ccccc2)CCC1=O. The van der Waals surface area contributed by atoms with Gasteiger partial charge in [-0.3, -0.25) is 4.79 Å². The van der Waals surface area contributed by atoms with Gasteiger partial charge < -0.3 is 4.74 Å². The van der Waals surface area contributed by atoms with Gasteiger partial charge in [0.25, 0.3) is 0 Å². The van der Waals surface area contributed by atoms with Crippen LogP contribution in [0.3, 0.4) is 0 Å². The van der Waals surface area contributed by atoms with Crippen LogP contribution in [0.25, 0.3) is 0 Å². The highest BCUT2D eigenvalue weighted by atomic mass is 16.5. The first kappa shape index (κ1) is 17.6. The van der Waals surface area contributed by atoms with E-state index >= 15 is 0 Å². The summed E-state index contributed by atoms with van der Waals surface area (Å²) in [7, 11) is 0. The molecule has 0 saturated heterocycles. The summed E-state index contributed by atoms with van der Waals surface area (Å²) in [4.78, 5) is 12.3. The standard InChI is InChI=1S/C23H26O2/c1-19(13-15-25-18-21-10-6-3-7-11-21)16-23(14-12-22(23)24)17-20-8-4-2-5-9-20/h2-11H,1,12-18H2/t23-/m0/s1. The van der Waals surface area contributed by atoms with Crippen molar-refractivity contribution in [2.75, 3.05) is 6.61 Å². The Morgan fingerprint density at radius 3 is 2.20 bits per heavy atom. The fraction of sp³-hybridized carbons (Fsp3) is 0.348. The van der Waals surface area contributed by atoms with Crippen LogP contribution in [0, 0.1) is 5.41 Å². The minimum Gasteiger partial charge on any atom is -0.376 e. The average molecular weight is 334 g/mol. The molecule has 1 atom stereocenters. The van der Waals surface area contributed by atoms with E-state index in [1.54, 1.807) is 0 Å². The maximum atomic E-state index is 12.3. The highest BCUT2D eigenvalue weighted by Crippen LogP contribution is 2.45. The second-order valence-electron chi connectivity index (χ2n) is 7.08. The predicted molar refractivity (Wildman–Crippen MR) is 101 cm³/mol. The molecule has 0 bridgehead atoms. The highest BCUT2D eigenvalue weighted by molar-refractivity contribution is 5.91. The van der Waals surface area contributed by atoms with Crippen LogP contribution < -0.4 is 0 Å². The minimum absolute atomic E-state index is 0.224. The zero-order chi connectivity index (χ0) is 17.5. The van der Waals surface area contributed by atoms with Gasteiger partial charge in [-0.1, -0.05) is 72.8 Å². The number of hydrogen-bond donors (Lipinski definition) is 0. The van der Waals surface area contributed by atoms with Crippen LogP contribution in [0.5, 0.6) is 0 Å². The number of carbonyl (C=O) groups excluding carboxylic acids is 1. The molecule has 0 radical (unpaired) electrons. The van der Waals surface area contributed by atoms with Crippen molar-refractivity contribution in [3.05, 3.63) is 83.9 Å². The fourth-order valence-corrected chi connectivity index (χ4v) is 3.55. The maximum Gasteiger partial charge on any atom is 0.139 e. The lowest BCUT2D eigenvalue weighted by Crippen LogP contribution is -2.43. The molecule has 2 heteroatoms. The van der Waals surface area contributed by atoms with Crippen LogP contribution in [-0.4, -0.2) is 12.4 Å². The van der Waals surface area contributed by atoms with Crippen LogP contribution >= 0.6 is 0 Å². The van der Waals surface area contributed by atoms with E-state index in [0.717, 1.165) is 31.3 Å². The first-order valence-corrected chi connectivity index (χ1v) is 9.03. The molecule has 25 heavy (non-hydrogen) atoms. The van der Waals surface area contributed by atoms with Crippen molar-refractivity contribution in [1.82, 2.24) is 0 Å². The first-order chi connectivity index (χ1) is 12.2. The van der Waals surface area contributed by atoms with Crippen molar-refractivity contribution in [3.63, 3.8) is 0 Å². The molecule has 1 saturated carbocycles.